The zero-order valence-corrected chi connectivity index (χ0v) is 9.61. The topological polar surface area (TPSA) is 71.0 Å². The second kappa shape index (κ2) is 10.3. The number of methoxy groups -OCH3 is 1. The molecule has 2 unspecified atom stereocenters. The van der Waals surface area contributed by atoms with Crippen molar-refractivity contribution in [2.75, 3.05) is 40.0 Å². The van der Waals surface area contributed by atoms with E-state index in [2.05, 4.69) is 5.32 Å². The smallest absolute Gasteiger partial charge is 0.0897 e. The predicted octanol–water partition coefficient (Wildman–Crippen LogP) is -0.629. The van der Waals surface area contributed by atoms with E-state index in [1.807, 2.05) is 6.92 Å². The van der Waals surface area contributed by atoms with Crippen molar-refractivity contribution in [1.29, 1.82) is 0 Å². The first kappa shape index (κ1) is 14.8. The third-order valence-corrected chi connectivity index (χ3v) is 1.87. The van der Waals surface area contributed by atoms with Crippen molar-refractivity contribution in [3.63, 3.8) is 0 Å². The summed E-state index contributed by atoms with van der Waals surface area (Å²) < 4.78 is 10.2. The molecular weight excluding hydrogens is 198 g/mol. The highest BCUT2D eigenvalue weighted by Crippen LogP contribution is 1.93. The number of nitrogens with one attached hydrogen (secondary N) is 1. The molecule has 0 rings (SSSR count). The zero-order chi connectivity index (χ0) is 11.5. The van der Waals surface area contributed by atoms with E-state index in [-0.39, 0.29) is 12.7 Å². The fourth-order valence-corrected chi connectivity index (χ4v) is 1.09. The maximum atomic E-state index is 9.47. The highest BCUT2D eigenvalue weighted by atomic mass is 16.5. The van der Waals surface area contributed by atoms with Crippen LogP contribution < -0.4 is 5.32 Å². The van der Waals surface area contributed by atoms with E-state index in [9.17, 15) is 5.11 Å². The number of rotatable bonds is 10. The van der Waals surface area contributed by atoms with Gasteiger partial charge in [0.2, 0.25) is 0 Å². The lowest BCUT2D eigenvalue weighted by Crippen LogP contribution is -2.33. The Bertz CT molecular complexity index is 135. The van der Waals surface area contributed by atoms with Crippen LogP contribution in [0.25, 0.3) is 0 Å². The Hall–Kier alpha value is -0.200. The predicted molar refractivity (Wildman–Crippen MR) is 57.9 cm³/mol. The van der Waals surface area contributed by atoms with Gasteiger partial charge in [0.15, 0.2) is 0 Å². The molecule has 0 bridgehead atoms. The normalized spacial score (nSPS) is 15.2. The lowest BCUT2D eigenvalue weighted by Gasteiger charge is -2.16. The van der Waals surface area contributed by atoms with Crippen LogP contribution in [0.2, 0.25) is 0 Å². The number of ether oxygens (including phenoxy) is 2. The molecule has 0 fully saturated rings. The minimum Gasteiger partial charge on any atom is -0.396 e. The fourth-order valence-electron chi connectivity index (χ4n) is 1.09. The molecule has 0 aliphatic rings. The van der Waals surface area contributed by atoms with Gasteiger partial charge in [-0.15, -0.1) is 0 Å². The van der Waals surface area contributed by atoms with Gasteiger partial charge < -0.3 is 25.0 Å². The van der Waals surface area contributed by atoms with E-state index in [4.69, 9.17) is 14.6 Å². The molecule has 0 radical (unpaired) electrons. The van der Waals surface area contributed by atoms with E-state index in [1.54, 1.807) is 7.11 Å². The summed E-state index contributed by atoms with van der Waals surface area (Å²) in [5, 5.41) is 21.0. The third kappa shape index (κ3) is 10.1. The standard InChI is InChI=1S/C10H23NO4/c1-9(7-14-2)15-8-10(13)6-11-4-3-5-12/h9-13H,3-8H2,1-2H3. The Morgan fingerprint density at radius 3 is 2.67 bits per heavy atom. The minimum atomic E-state index is -0.511. The zero-order valence-electron chi connectivity index (χ0n) is 9.61. The van der Waals surface area contributed by atoms with E-state index < -0.39 is 6.10 Å². The van der Waals surface area contributed by atoms with E-state index in [0.717, 1.165) is 0 Å². The van der Waals surface area contributed by atoms with Crippen LogP contribution in [0, 0.1) is 0 Å². The van der Waals surface area contributed by atoms with Crippen molar-refractivity contribution >= 4 is 0 Å². The van der Waals surface area contributed by atoms with Crippen molar-refractivity contribution in [3.05, 3.63) is 0 Å². The first-order chi connectivity index (χ1) is 7.20. The molecule has 0 aromatic heterocycles. The highest BCUT2D eigenvalue weighted by molar-refractivity contribution is 4.59. The summed E-state index contributed by atoms with van der Waals surface area (Å²) in [6.45, 7) is 4.10. The summed E-state index contributed by atoms with van der Waals surface area (Å²) >= 11 is 0. The first-order valence-electron chi connectivity index (χ1n) is 5.30. The summed E-state index contributed by atoms with van der Waals surface area (Å²) in [5.41, 5.74) is 0. The SMILES string of the molecule is COCC(C)OCC(O)CNCCCO. The second-order valence-corrected chi connectivity index (χ2v) is 3.53. The molecule has 92 valence electrons. The monoisotopic (exact) mass is 221 g/mol. The van der Waals surface area contributed by atoms with E-state index in [1.165, 1.54) is 0 Å². The van der Waals surface area contributed by atoms with Gasteiger partial charge in [-0.1, -0.05) is 0 Å². The van der Waals surface area contributed by atoms with Gasteiger partial charge in [-0.25, -0.2) is 0 Å². The number of aliphatic hydroxyl groups is 2. The van der Waals surface area contributed by atoms with Crippen molar-refractivity contribution < 1.29 is 19.7 Å². The van der Waals surface area contributed by atoms with Crippen molar-refractivity contribution in [2.45, 2.75) is 25.6 Å². The summed E-state index contributed by atoms with van der Waals surface area (Å²) in [7, 11) is 1.62. The molecular formula is C10H23NO4. The average Bonchev–Trinajstić information content (AvgIpc) is 2.22. The molecule has 0 saturated heterocycles. The molecule has 0 heterocycles. The summed E-state index contributed by atoms with van der Waals surface area (Å²) in [6.07, 6.45) is 0.193. The maximum absolute atomic E-state index is 9.47. The average molecular weight is 221 g/mol. The molecule has 15 heavy (non-hydrogen) atoms. The third-order valence-electron chi connectivity index (χ3n) is 1.87. The van der Waals surface area contributed by atoms with Gasteiger partial charge >= 0.3 is 0 Å². The van der Waals surface area contributed by atoms with Crippen molar-refractivity contribution in [1.82, 2.24) is 5.32 Å². The summed E-state index contributed by atoms with van der Waals surface area (Å²) in [4.78, 5) is 0. The number of hydrogen-bond donors (Lipinski definition) is 3. The highest BCUT2D eigenvalue weighted by Gasteiger charge is 2.07. The van der Waals surface area contributed by atoms with E-state index >= 15 is 0 Å². The Morgan fingerprint density at radius 2 is 2.07 bits per heavy atom. The first-order valence-corrected chi connectivity index (χ1v) is 5.30. The van der Waals surface area contributed by atoms with Gasteiger partial charge in [0.1, 0.15) is 0 Å². The Kier molecular flexibility index (Phi) is 10.2. The van der Waals surface area contributed by atoms with Gasteiger partial charge in [-0.3, -0.25) is 0 Å². The molecule has 0 amide bonds. The largest absolute Gasteiger partial charge is 0.396 e. The van der Waals surface area contributed by atoms with Gasteiger partial charge in [0, 0.05) is 20.3 Å². The molecule has 0 aliphatic heterocycles. The minimum absolute atomic E-state index is 0.00194. The molecule has 2 atom stereocenters. The quantitative estimate of drug-likeness (QED) is 0.429. The Labute approximate surface area is 91.4 Å². The van der Waals surface area contributed by atoms with Gasteiger partial charge in [-0.05, 0) is 19.9 Å². The Balaban J connectivity index is 3.28. The summed E-state index contributed by atoms with van der Waals surface area (Å²) in [5.74, 6) is 0. The van der Waals surface area contributed by atoms with Crippen molar-refractivity contribution in [2.24, 2.45) is 0 Å². The molecule has 0 saturated carbocycles. The van der Waals surface area contributed by atoms with Gasteiger partial charge in [0.25, 0.3) is 0 Å². The van der Waals surface area contributed by atoms with Crippen LogP contribution in [0.4, 0.5) is 0 Å². The van der Waals surface area contributed by atoms with Crippen LogP contribution in [0.5, 0.6) is 0 Å². The van der Waals surface area contributed by atoms with Crippen LogP contribution in [-0.4, -0.2) is 62.4 Å². The lowest BCUT2D eigenvalue weighted by atomic mass is 10.3. The molecule has 0 aromatic carbocycles. The molecule has 0 aromatic rings. The van der Waals surface area contributed by atoms with Crippen LogP contribution in [0.1, 0.15) is 13.3 Å². The van der Waals surface area contributed by atoms with Crippen LogP contribution in [0.15, 0.2) is 0 Å². The maximum Gasteiger partial charge on any atom is 0.0897 e. The molecule has 0 aliphatic carbocycles. The van der Waals surface area contributed by atoms with Crippen molar-refractivity contribution in [3.8, 4) is 0 Å². The van der Waals surface area contributed by atoms with Gasteiger partial charge in [-0.2, -0.15) is 0 Å². The number of aliphatic hydroxyl groups excluding tert-OH is 2. The molecule has 3 N–H and O–H groups in total. The Morgan fingerprint density at radius 1 is 1.33 bits per heavy atom. The lowest BCUT2D eigenvalue weighted by molar-refractivity contribution is -0.0310. The molecule has 5 nitrogen and oxygen atoms in total. The molecule has 0 spiro atoms. The van der Waals surface area contributed by atoms with Crippen LogP contribution in [0.3, 0.4) is 0 Å². The fraction of sp³-hybridized carbons (Fsp3) is 1.00. The molecule has 5 heteroatoms. The van der Waals surface area contributed by atoms with E-state index in [0.29, 0.717) is 32.7 Å². The summed E-state index contributed by atoms with van der Waals surface area (Å²) in [6, 6.07) is 0. The van der Waals surface area contributed by atoms with Crippen LogP contribution in [-0.2, 0) is 9.47 Å². The van der Waals surface area contributed by atoms with Gasteiger partial charge in [0.05, 0.1) is 25.4 Å². The second-order valence-electron chi connectivity index (χ2n) is 3.53. The number of hydrogen-bond acceptors (Lipinski definition) is 5. The van der Waals surface area contributed by atoms with Crippen LogP contribution >= 0.6 is 0 Å².